The van der Waals surface area contributed by atoms with Gasteiger partial charge in [-0.25, -0.2) is 4.98 Å². The number of nitrogens with zero attached hydrogens (tertiary/aromatic N) is 3. The Balaban J connectivity index is 1.19. The van der Waals surface area contributed by atoms with E-state index in [1.807, 2.05) is 30.3 Å². The summed E-state index contributed by atoms with van der Waals surface area (Å²) < 4.78 is 5.88. The Bertz CT molecular complexity index is 2050. The van der Waals surface area contributed by atoms with E-state index in [0.717, 1.165) is 4.90 Å². The number of phenolic OH excluding ortho intramolecular Hbond substituents is 1. The van der Waals surface area contributed by atoms with Gasteiger partial charge in [0.05, 0.1) is 23.0 Å². The molecule has 47 heavy (non-hydrogen) atoms. The highest BCUT2D eigenvalue weighted by molar-refractivity contribution is 9.09. The number of allylic oxidation sites excluding steroid dienone is 2. The average Bonchev–Trinajstić information content (AvgIpc) is 3.66. The number of benzene rings is 3. The van der Waals surface area contributed by atoms with Gasteiger partial charge >= 0.3 is 0 Å². The molecule has 9 nitrogen and oxygen atoms in total. The molecule has 4 amide bonds. The predicted molar refractivity (Wildman–Crippen MR) is 178 cm³/mol. The van der Waals surface area contributed by atoms with Crippen LogP contribution < -0.4 is 4.90 Å². The van der Waals surface area contributed by atoms with Gasteiger partial charge in [0.2, 0.25) is 17.7 Å². The lowest BCUT2D eigenvalue weighted by Crippen LogP contribution is -2.60. The van der Waals surface area contributed by atoms with Crippen LogP contribution in [0.2, 0.25) is 0 Å². The van der Waals surface area contributed by atoms with E-state index in [4.69, 9.17) is 27.6 Å². The number of aromatic nitrogens is 1. The van der Waals surface area contributed by atoms with Gasteiger partial charge in [0.25, 0.3) is 11.8 Å². The zero-order valence-electron chi connectivity index (χ0n) is 24.8. The first-order chi connectivity index (χ1) is 22.5. The second kappa shape index (κ2) is 10.5. The lowest BCUT2D eigenvalue weighted by molar-refractivity contribution is -0.138. The highest BCUT2D eigenvalue weighted by atomic mass is 79.9. The van der Waals surface area contributed by atoms with Crippen LogP contribution in [-0.4, -0.2) is 53.8 Å². The Morgan fingerprint density at radius 3 is 2.43 bits per heavy atom. The van der Waals surface area contributed by atoms with Gasteiger partial charge in [0.1, 0.15) is 11.3 Å². The van der Waals surface area contributed by atoms with E-state index in [0.29, 0.717) is 44.9 Å². The number of aryl methyl sites for hydroxylation is 1. The van der Waals surface area contributed by atoms with Crippen LogP contribution in [0.15, 0.2) is 82.8 Å². The lowest BCUT2D eigenvalue weighted by atomic mass is 9.56. The fourth-order valence-electron chi connectivity index (χ4n) is 8.02. The van der Waals surface area contributed by atoms with Crippen molar-refractivity contribution in [1.29, 1.82) is 0 Å². The van der Waals surface area contributed by atoms with E-state index in [9.17, 15) is 24.3 Å². The number of rotatable bonds is 4. The van der Waals surface area contributed by atoms with E-state index < -0.39 is 51.1 Å². The summed E-state index contributed by atoms with van der Waals surface area (Å²) in [5.41, 5.74) is 3.81. The number of alkyl halides is 3. The van der Waals surface area contributed by atoms with E-state index >= 15 is 0 Å². The Labute approximate surface area is 287 Å². The molecule has 1 saturated carbocycles. The predicted octanol–water partition coefficient (Wildman–Crippen LogP) is 6.42. The lowest BCUT2D eigenvalue weighted by Gasteiger charge is -2.50. The SMILES string of the molecule is Cc1cccc(C2C3=CCC4C(=O)N(c5ccc(-c6nc7ccccc7o6)cc5)C(=O)C4C3CC3(Cl)C(=O)N(CBr)C(=O)C23Cl)c1O. The average molecular weight is 735 g/mol. The molecule has 4 aliphatic rings. The summed E-state index contributed by atoms with van der Waals surface area (Å²) in [7, 11) is 0. The summed E-state index contributed by atoms with van der Waals surface area (Å²) in [5.74, 6) is -5.10. The summed E-state index contributed by atoms with van der Waals surface area (Å²) in [6, 6.07) is 19.4. The molecule has 1 aromatic heterocycles. The zero-order valence-corrected chi connectivity index (χ0v) is 27.9. The van der Waals surface area contributed by atoms with Crippen LogP contribution in [0.5, 0.6) is 5.75 Å². The molecular formula is C35H26BrCl2N3O6. The molecule has 6 atom stereocenters. The molecule has 12 heteroatoms. The van der Waals surface area contributed by atoms with Gasteiger partial charge in [0, 0.05) is 17.0 Å². The van der Waals surface area contributed by atoms with Gasteiger partial charge in [-0.3, -0.25) is 29.0 Å². The first-order valence-electron chi connectivity index (χ1n) is 15.1. The summed E-state index contributed by atoms with van der Waals surface area (Å²) in [6.07, 6.45) is 1.93. The van der Waals surface area contributed by atoms with Crippen molar-refractivity contribution < 1.29 is 28.7 Å². The van der Waals surface area contributed by atoms with Crippen LogP contribution >= 0.6 is 39.1 Å². The molecule has 238 valence electrons. The fourth-order valence-corrected chi connectivity index (χ4v) is 9.43. The number of likely N-dealkylation sites (tertiary alicyclic amines) is 1. The number of aromatic hydroxyl groups is 1. The number of hydrogen-bond donors (Lipinski definition) is 1. The Hall–Kier alpha value is -3.99. The molecular weight excluding hydrogens is 709 g/mol. The topological polar surface area (TPSA) is 121 Å². The van der Waals surface area contributed by atoms with Gasteiger partial charge in [-0.2, -0.15) is 0 Å². The third-order valence-electron chi connectivity index (χ3n) is 10.3. The summed E-state index contributed by atoms with van der Waals surface area (Å²) in [4.78, 5) is 58.8. The molecule has 0 bridgehead atoms. The molecule has 2 aliphatic carbocycles. The molecule has 8 rings (SSSR count). The third-order valence-corrected chi connectivity index (χ3v) is 12.2. The highest BCUT2D eigenvalue weighted by Crippen LogP contribution is 2.66. The van der Waals surface area contributed by atoms with Gasteiger partial charge < -0.3 is 9.52 Å². The zero-order chi connectivity index (χ0) is 33.0. The number of oxazole rings is 1. The van der Waals surface area contributed by atoms with E-state index in [1.165, 1.54) is 4.90 Å². The van der Waals surface area contributed by atoms with E-state index in [2.05, 4.69) is 20.9 Å². The first kappa shape index (κ1) is 30.4. The minimum atomic E-state index is -1.98. The minimum Gasteiger partial charge on any atom is -0.507 e. The number of para-hydroxylation sites is 3. The standard InChI is InChI=1S/C35H26BrCl2N3O6/c1-17-5-4-6-22(28(17)42)27-20-13-14-21-26(23(20)15-34(37)32(45)40(16-36)33(46)35(27,34)38)31(44)41(30(21)43)19-11-9-18(10-12-19)29-39-24-7-2-3-8-25(24)47-29/h2-13,21,23,26-27,42H,14-16H2,1H3. The molecule has 2 aliphatic heterocycles. The maximum Gasteiger partial charge on any atom is 0.254 e. The van der Waals surface area contributed by atoms with Crippen LogP contribution in [0.4, 0.5) is 5.69 Å². The van der Waals surface area contributed by atoms with Crippen molar-refractivity contribution in [2.24, 2.45) is 17.8 Å². The third kappa shape index (κ3) is 3.98. The Morgan fingerprint density at radius 1 is 0.957 bits per heavy atom. The molecule has 0 radical (unpaired) electrons. The maximum absolute atomic E-state index is 14.3. The number of amides is 4. The summed E-state index contributed by atoms with van der Waals surface area (Å²) in [5, 5.41) is 11.3. The second-order valence-corrected chi connectivity index (χ2v) is 14.3. The van der Waals surface area contributed by atoms with Crippen molar-refractivity contribution >= 4 is 79.5 Å². The minimum absolute atomic E-state index is 0.0766. The number of anilines is 1. The molecule has 0 spiro atoms. The number of halogens is 3. The maximum atomic E-state index is 14.3. The van der Waals surface area contributed by atoms with Crippen LogP contribution in [0, 0.1) is 24.7 Å². The molecule has 4 aromatic rings. The van der Waals surface area contributed by atoms with Crippen LogP contribution in [0.25, 0.3) is 22.6 Å². The molecule has 6 unspecified atom stereocenters. The van der Waals surface area contributed by atoms with Crippen LogP contribution in [0.1, 0.15) is 29.9 Å². The first-order valence-corrected chi connectivity index (χ1v) is 17.0. The van der Waals surface area contributed by atoms with Crippen molar-refractivity contribution in [2.45, 2.75) is 35.4 Å². The van der Waals surface area contributed by atoms with Crippen LogP contribution in [0.3, 0.4) is 0 Å². The molecule has 3 aromatic carbocycles. The van der Waals surface area contributed by atoms with Gasteiger partial charge in [-0.05, 0) is 67.6 Å². The van der Waals surface area contributed by atoms with Crippen molar-refractivity contribution in [1.82, 2.24) is 9.88 Å². The van der Waals surface area contributed by atoms with Crippen molar-refractivity contribution in [2.75, 3.05) is 10.4 Å². The van der Waals surface area contributed by atoms with Crippen LogP contribution in [-0.2, 0) is 19.2 Å². The smallest absolute Gasteiger partial charge is 0.254 e. The number of imide groups is 2. The summed E-state index contributed by atoms with van der Waals surface area (Å²) in [6.45, 7) is 1.72. The van der Waals surface area contributed by atoms with Gasteiger partial charge in [0.15, 0.2) is 15.3 Å². The molecule has 3 fully saturated rings. The highest BCUT2D eigenvalue weighted by Gasteiger charge is 2.76. The Morgan fingerprint density at radius 2 is 1.70 bits per heavy atom. The van der Waals surface area contributed by atoms with E-state index in [-0.39, 0.29) is 30.0 Å². The number of fused-ring (bicyclic) bond motifs is 5. The monoisotopic (exact) mass is 733 g/mol. The fraction of sp³-hybridized carbons (Fsp3) is 0.286. The number of hydrogen-bond acceptors (Lipinski definition) is 7. The Kier molecular flexibility index (Phi) is 6.78. The molecule has 3 heterocycles. The normalized spacial score (nSPS) is 30.1. The largest absolute Gasteiger partial charge is 0.507 e. The molecule has 2 saturated heterocycles. The van der Waals surface area contributed by atoms with Gasteiger partial charge in [-0.15, -0.1) is 23.2 Å². The number of carbonyl (C=O) groups is 4. The molecule has 1 N–H and O–H groups in total. The van der Waals surface area contributed by atoms with Gasteiger partial charge in [-0.1, -0.05) is 57.9 Å². The second-order valence-electron chi connectivity index (χ2n) is 12.5. The quantitative estimate of drug-likeness (QED) is 0.111. The van der Waals surface area contributed by atoms with Crippen molar-refractivity contribution in [3.63, 3.8) is 0 Å². The number of phenols is 1. The number of carbonyl (C=O) groups excluding carboxylic acids is 4. The van der Waals surface area contributed by atoms with Crippen molar-refractivity contribution in [3.8, 4) is 17.2 Å². The van der Waals surface area contributed by atoms with E-state index in [1.54, 1.807) is 49.4 Å². The van der Waals surface area contributed by atoms with Crippen molar-refractivity contribution in [3.05, 3.63) is 89.5 Å². The summed E-state index contributed by atoms with van der Waals surface area (Å²) >= 11 is 17.8.